The van der Waals surface area contributed by atoms with E-state index in [4.69, 9.17) is 5.73 Å². The van der Waals surface area contributed by atoms with Crippen LogP contribution in [0.5, 0.6) is 0 Å². The molecule has 1 saturated heterocycles. The van der Waals surface area contributed by atoms with Crippen LogP contribution in [0, 0.1) is 30.4 Å². The Kier molecular flexibility index (Phi) is 6.44. The van der Waals surface area contributed by atoms with E-state index in [0.29, 0.717) is 5.56 Å². The molecule has 0 saturated carbocycles. The Bertz CT molecular complexity index is 963. The van der Waals surface area contributed by atoms with E-state index in [1.807, 2.05) is 0 Å². The first-order valence-corrected chi connectivity index (χ1v) is 9.62. The van der Waals surface area contributed by atoms with Crippen LogP contribution in [0.3, 0.4) is 0 Å². The maximum absolute atomic E-state index is 14.2. The zero-order chi connectivity index (χ0) is 21.8. The predicted octanol–water partition coefficient (Wildman–Crippen LogP) is 2.09. The van der Waals surface area contributed by atoms with Crippen LogP contribution in [0.4, 0.5) is 14.5 Å². The van der Waals surface area contributed by atoms with Gasteiger partial charge >= 0.3 is 0 Å². The smallest absolute Gasteiger partial charge is 0.227 e. The summed E-state index contributed by atoms with van der Waals surface area (Å²) in [4.78, 5) is 37.9. The standard InChI is InChI=1S/C22H23F2N3O3/c1-13-2-7-19(18(24)8-13)27-12-16(10-20(27)28)22(30)26-11-15(21(25)29)9-14-3-5-17(23)6-4-14/h2-8,15-16H,9-12H2,1H3,(H2,25,29)(H,26,30). The Morgan fingerprint density at radius 1 is 1.20 bits per heavy atom. The van der Waals surface area contributed by atoms with Crippen molar-refractivity contribution in [1.29, 1.82) is 0 Å². The first kappa shape index (κ1) is 21.4. The van der Waals surface area contributed by atoms with Crippen LogP contribution in [0.15, 0.2) is 42.5 Å². The predicted molar refractivity (Wildman–Crippen MR) is 107 cm³/mol. The number of aryl methyl sites for hydroxylation is 1. The fourth-order valence-electron chi connectivity index (χ4n) is 3.49. The Hall–Kier alpha value is -3.29. The summed E-state index contributed by atoms with van der Waals surface area (Å²) < 4.78 is 27.2. The SMILES string of the molecule is Cc1ccc(N2CC(C(=O)NCC(Cc3ccc(F)cc3)C(N)=O)CC2=O)c(F)c1. The van der Waals surface area contributed by atoms with E-state index in [1.165, 1.54) is 29.2 Å². The summed E-state index contributed by atoms with van der Waals surface area (Å²) in [6.45, 7) is 1.80. The summed E-state index contributed by atoms with van der Waals surface area (Å²) in [5, 5.41) is 2.67. The quantitative estimate of drug-likeness (QED) is 0.725. The number of anilines is 1. The highest BCUT2D eigenvalue weighted by atomic mass is 19.1. The van der Waals surface area contributed by atoms with Gasteiger partial charge in [0.15, 0.2) is 0 Å². The largest absolute Gasteiger partial charge is 0.369 e. The number of primary amides is 1. The Morgan fingerprint density at radius 3 is 2.53 bits per heavy atom. The Labute approximate surface area is 173 Å². The number of nitrogens with one attached hydrogen (secondary N) is 1. The summed E-state index contributed by atoms with van der Waals surface area (Å²) >= 11 is 0. The topological polar surface area (TPSA) is 92.5 Å². The minimum absolute atomic E-state index is 0.00483. The lowest BCUT2D eigenvalue weighted by molar-refractivity contribution is -0.127. The summed E-state index contributed by atoms with van der Waals surface area (Å²) in [5.41, 5.74) is 7.03. The first-order valence-electron chi connectivity index (χ1n) is 9.62. The maximum Gasteiger partial charge on any atom is 0.227 e. The van der Waals surface area contributed by atoms with Gasteiger partial charge in [-0.15, -0.1) is 0 Å². The summed E-state index contributed by atoms with van der Waals surface area (Å²) in [5.74, 6) is -3.56. The number of nitrogens with two attached hydrogens (primary N) is 1. The fourth-order valence-corrected chi connectivity index (χ4v) is 3.49. The van der Waals surface area contributed by atoms with Crippen molar-refractivity contribution in [3.63, 3.8) is 0 Å². The highest BCUT2D eigenvalue weighted by Crippen LogP contribution is 2.28. The molecular formula is C22H23F2N3O3. The van der Waals surface area contributed by atoms with Crippen LogP contribution in [-0.4, -0.2) is 30.8 Å². The number of rotatable bonds is 7. The third kappa shape index (κ3) is 5.00. The monoisotopic (exact) mass is 415 g/mol. The van der Waals surface area contributed by atoms with Crippen molar-refractivity contribution >= 4 is 23.4 Å². The van der Waals surface area contributed by atoms with Gasteiger partial charge in [0.05, 0.1) is 17.5 Å². The molecule has 158 valence electrons. The van der Waals surface area contributed by atoms with Crippen LogP contribution in [0.25, 0.3) is 0 Å². The lowest BCUT2D eigenvalue weighted by atomic mass is 9.98. The highest BCUT2D eigenvalue weighted by Gasteiger charge is 2.36. The molecule has 0 aliphatic carbocycles. The molecule has 6 nitrogen and oxygen atoms in total. The second-order valence-corrected chi connectivity index (χ2v) is 7.54. The van der Waals surface area contributed by atoms with E-state index in [0.717, 1.165) is 5.56 Å². The normalized spacial score (nSPS) is 17.1. The fraction of sp³-hybridized carbons (Fsp3) is 0.318. The number of hydrogen-bond donors (Lipinski definition) is 2. The number of nitrogens with zero attached hydrogens (tertiary/aromatic N) is 1. The van der Waals surface area contributed by atoms with Crippen molar-refractivity contribution in [3.05, 3.63) is 65.2 Å². The molecule has 1 heterocycles. The maximum atomic E-state index is 14.2. The van der Waals surface area contributed by atoms with Crippen LogP contribution < -0.4 is 16.0 Å². The molecule has 1 fully saturated rings. The van der Waals surface area contributed by atoms with Crippen molar-refractivity contribution in [1.82, 2.24) is 5.32 Å². The molecule has 2 unspecified atom stereocenters. The van der Waals surface area contributed by atoms with Gasteiger partial charge < -0.3 is 16.0 Å². The van der Waals surface area contributed by atoms with Crippen LogP contribution in [-0.2, 0) is 20.8 Å². The van der Waals surface area contributed by atoms with E-state index >= 15 is 0 Å². The molecule has 1 aliphatic heterocycles. The molecular weight excluding hydrogens is 392 g/mol. The molecule has 0 radical (unpaired) electrons. The summed E-state index contributed by atoms with van der Waals surface area (Å²) in [6.07, 6.45) is 0.207. The molecule has 1 aliphatic rings. The third-order valence-electron chi connectivity index (χ3n) is 5.21. The van der Waals surface area contributed by atoms with Crippen LogP contribution in [0.1, 0.15) is 17.5 Å². The second kappa shape index (κ2) is 9.02. The lowest BCUT2D eigenvalue weighted by Gasteiger charge is -2.19. The average molecular weight is 415 g/mol. The average Bonchev–Trinajstić information content (AvgIpc) is 3.07. The molecule has 30 heavy (non-hydrogen) atoms. The number of halogens is 2. The number of carbonyl (C=O) groups excluding carboxylic acids is 3. The Morgan fingerprint density at radius 2 is 1.90 bits per heavy atom. The molecule has 2 atom stereocenters. The van der Waals surface area contributed by atoms with Crippen molar-refractivity contribution in [2.45, 2.75) is 19.8 Å². The molecule has 2 aromatic carbocycles. The number of benzene rings is 2. The zero-order valence-corrected chi connectivity index (χ0v) is 16.5. The van der Waals surface area contributed by atoms with Crippen molar-refractivity contribution in [2.24, 2.45) is 17.6 Å². The number of amides is 3. The summed E-state index contributed by atoms with van der Waals surface area (Å²) in [7, 11) is 0. The van der Waals surface area contributed by atoms with Gasteiger partial charge in [-0.1, -0.05) is 18.2 Å². The minimum atomic E-state index is -0.679. The van der Waals surface area contributed by atoms with Gasteiger partial charge in [-0.05, 0) is 48.7 Å². The van der Waals surface area contributed by atoms with E-state index in [1.54, 1.807) is 25.1 Å². The molecule has 0 bridgehead atoms. The van der Waals surface area contributed by atoms with Crippen molar-refractivity contribution in [3.8, 4) is 0 Å². The van der Waals surface area contributed by atoms with Gasteiger partial charge in [-0.2, -0.15) is 0 Å². The van der Waals surface area contributed by atoms with Crippen molar-refractivity contribution < 1.29 is 23.2 Å². The zero-order valence-electron chi connectivity index (χ0n) is 16.5. The summed E-state index contributed by atoms with van der Waals surface area (Å²) in [6, 6.07) is 10.2. The second-order valence-electron chi connectivity index (χ2n) is 7.54. The minimum Gasteiger partial charge on any atom is -0.369 e. The third-order valence-corrected chi connectivity index (χ3v) is 5.21. The van der Waals surface area contributed by atoms with Crippen molar-refractivity contribution in [2.75, 3.05) is 18.0 Å². The molecule has 3 N–H and O–H groups in total. The first-order chi connectivity index (χ1) is 14.2. The van der Waals surface area contributed by atoms with Gasteiger partial charge in [-0.3, -0.25) is 14.4 Å². The molecule has 3 rings (SSSR count). The van der Waals surface area contributed by atoms with E-state index < -0.39 is 29.5 Å². The van der Waals surface area contributed by atoms with Crippen LogP contribution >= 0.6 is 0 Å². The number of carbonyl (C=O) groups is 3. The van der Waals surface area contributed by atoms with Gasteiger partial charge in [0.1, 0.15) is 11.6 Å². The van der Waals surface area contributed by atoms with Gasteiger partial charge in [0, 0.05) is 19.5 Å². The molecule has 2 aromatic rings. The van der Waals surface area contributed by atoms with E-state index in [2.05, 4.69) is 5.32 Å². The van der Waals surface area contributed by atoms with Crippen LogP contribution in [0.2, 0.25) is 0 Å². The highest BCUT2D eigenvalue weighted by molar-refractivity contribution is 6.00. The molecule has 0 spiro atoms. The van der Waals surface area contributed by atoms with E-state index in [-0.39, 0.29) is 43.3 Å². The number of hydrogen-bond acceptors (Lipinski definition) is 3. The van der Waals surface area contributed by atoms with Gasteiger partial charge in [0.25, 0.3) is 0 Å². The molecule has 0 aromatic heterocycles. The Balaban J connectivity index is 1.60. The van der Waals surface area contributed by atoms with Gasteiger partial charge in [-0.25, -0.2) is 8.78 Å². The molecule has 3 amide bonds. The van der Waals surface area contributed by atoms with E-state index in [9.17, 15) is 23.2 Å². The molecule has 8 heteroatoms. The lowest BCUT2D eigenvalue weighted by Crippen LogP contribution is -2.40. The van der Waals surface area contributed by atoms with Gasteiger partial charge in [0.2, 0.25) is 17.7 Å².